The maximum atomic E-state index is 12.6. The van der Waals surface area contributed by atoms with Crippen LogP contribution in [0.5, 0.6) is 0 Å². The van der Waals surface area contributed by atoms with E-state index in [0.29, 0.717) is 22.7 Å². The quantitative estimate of drug-likeness (QED) is 0.579. The fourth-order valence-corrected chi connectivity index (χ4v) is 3.58. The molecule has 2 aromatic rings. The highest BCUT2D eigenvalue weighted by molar-refractivity contribution is 9.10. The van der Waals surface area contributed by atoms with E-state index >= 15 is 0 Å². The van der Waals surface area contributed by atoms with Gasteiger partial charge in [0.05, 0.1) is 31.3 Å². The smallest absolute Gasteiger partial charge is 0.336 e. The lowest BCUT2D eigenvalue weighted by molar-refractivity contribution is -0.137. The van der Waals surface area contributed by atoms with Crippen molar-refractivity contribution in [3.63, 3.8) is 0 Å². The van der Waals surface area contributed by atoms with Gasteiger partial charge in [0.15, 0.2) is 0 Å². The third kappa shape index (κ3) is 4.89. The first kappa shape index (κ1) is 21.1. The first-order valence-electron chi connectivity index (χ1n) is 8.78. The highest BCUT2D eigenvalue weighted by Crippen LogP contribution is 2.37. The van der Waals surface area contributed by atoms with Crippen LogP contribution >= 0.6 is 27.5 Å². The van der Waals surface area contributed by atoms with Gasteiger partial charge in [0.1, 0.15) is 0 Å². The average Bonchev–Trinajstić information content (AvgIpc) is 2.74. The third-order valence-electron chi connectivity index (χ3n) is 4.56. The summed E-state index contributed by atoms with van der Waals surface area (Å²) in [6, 6.07) is 14.8. The minimum Gasteiger partial charge on any atom is -0.466 e. The number of esters is 2. The van der Waals surface area contributed by atoms with Crippen molar-refractivity contribution < 1.29 is 19.1 Å². The zero-order valence-electron chi connectivity index (χ0n) is 15.9. The standard InChI is InChI=1S/C22H19BrClNO4/c1-28-21(26)18-12-25(11-14-3-9-17(24)10-4-14)13-19(22(27)29-2)20(18)15-5-7-16(23)8-6-15/h3-10,12-13,20H,11H2,1-2H3. The maximum absolute atomic E-state index is 12.6. The van der Waals surface area contributed by atoms with Gasteiger partial charge in [0.25, 0.3) is 0 Å². The molecule has 2 aromatic carbocycles. The Morgan fingerprint density at radius 3 is 1.93 bits per heavy atom. The van der Waals surface area contributed by atoms with Gasteiger partial charge in [-0.1, -0.05) is 51.8 Å². The lowest BCUT2D eigenvalue weighted by Crippen LogP contribution is -2.28. The summed E-state index contributed by atoms with van der Waals surface area (Å²) in [4.78, 5) is 27.0. The van der Waals surface area contributed by atoms with E-state index < -0.39 is 17.9 Å². The molecule has 3 rings (SSSR count). The number of hydrogen-bond donors (Lipinski definition) is 0. The largest absolute Gasteiger partial charge is 0.466 e. The molecular formula is C22H19BrClNO4. The van der Waals surface area contributed by atoms with Crippen molar-refractivity contribution in [2.75, 3.05) is 14.2 Å². The summed E-state index contributed by atoms with van der Waals surface area (Å²) in [5.74, 6) is -1.61. The summed E-state index contributed by atoms with van der Waals surface area (Å²) < 4.78 is 10.9. The fourth-order valence-electron chi connectivity index (χ4n) is 3.19. The van der Waals surface area contributed by atoms with Gasteiger partial charge in [0.2, 0.25) is 0 Å². The highest BCUT2D eigenvalue weighted by Gasteiger charge is 2.35. The maximum Gasteiger partial charge on any atom is 0.336 e. The van der Waals surface area contributed by atoms with Crippen LogP contribution in [0, 0.1) is 0 Å². The van der Waals surface area contributed by atoms with E-state index in [2.05, 4.69) is 15.9 Å². The molecule has 7 heteroatoms. The number of ether oxygens (including phenoxy) is 2. The SMILES string of the molecule is COC(=O)C1=CN(Cc2ccc(Cl)cc2)C=C(C(=O)OC)C1c1ccc(Br)cc1. The molecule has 0 unspecified atom stereocenters. The Kier molecular flexibility index (Phi) is 6.77. The van der Waals surface area contributed by atoms with E-state index in [0.717, 1.165) is 15.6 Å². The van der Waals surface area contributed by atoms with E-state index in [1.54, 1.807) is 29.4 Å². The van der Waals surface area contributed by atoms with Gasteiger partial charge in [0, 0.05) is 28.4 Å². The molecule has 0 saturated carbocycles. The minimum absolute atomic E-state index is 0.353. The molecule has 0 N–H and O–H groups in total. The number of rotatable bonds is 5. The van der Waals surface area contributed by atoms with Crippen LogP contribution in [0.3, 0.4) is 0 Å². The summed E-state index contributed by atoms with van der Waals surface area (Å²) in [6.07, 6.45) is 3.42. The molecule has 1 aliphatic rings. The molecule has 1 heterocycles. The van der Waals surface area contributed by atoms with Crippen molar-refractivity contribution in [3.8, 4) is 0 Å². The molecule has 1 aliphatic heterocycles. The summed E-state index contributed by atoms with van der Waals surface area (Å²) in [7, 11) is 2.64. The lowest BCUT2D eigenvalue weighted by Gasteiger charge is -2.30. The van der Waals surface area contributed by atoms with Crippen LogP contribution in [0.2, 0.25) is 5.02 Å². The van der Waals surface area contributed by atoms with Crippen molar-refractivity contribution in [1.29, 1.82) is 0 Å². The van der Waals surface area contributed by atoms with E-state index in [-0.39, 0.29) is 0 Å². The van der Waals surface area contributed by atoms with Crippen LogP contribution in [-0.4, -0.2) is 31.1 Å². The van der Waals surface area contributed by atoms with Gasteiger partial charge in [-0.05, 0) is 35.4 Å². The number of benzene rings is 2. The van der Waals surface area contributed by atoms with Crippen LogP contribution in [0.1, 0.15) is 17.0 Å². The Morgan fingerprint density at radius 1 is 0.931 bits per heavy atom. The molecule has 0 atom stereocenters. The number of halogens is 2. The second kappa shape index (κ2) is 9.29. The Morgan fingerprint density at radius 2 is 1.45 bits per heavy atom. The molecule has 150 valence electrons. The molecule has 0 saturated heterocycles. The van der Waals surface area contributed by atoms with Crippen LogP contribution < -0.4 is 0 Å². The van der Waals surface area contributed by atoms with Crippen LogP contribution in [0.25, 0.3) is 0 Å². The molecule has 5 nitrogen and oxygen atoms in total. The van der Waals surface area contributed by atoms with Gasteiger partial charge in [-0.25, -0.2) is 9.59 Å². The van der Waals surface area contributed by atoms with Gasteiger partial charge in [-0.3, -0.25) is 0 Å². The van der Waals surface area contributed by atoms with Crippen molar-refractivity contribution in [3.05, 3.63) is 92.7 Å². The van der Waals surface area contributed by atoms with E-state index in [1.165, 1.54) is 14.2 Å². The summed E-state index contributed by atoms with van der Waals surface area (Å²) in [5, 5.41) is 0.638. The lowest BCUT2D eigenvalue weighted by atomic mass is 9.83. The molecule has 0 bridgehead atoms. The van der Waals surface area contributed by atoms with Crippen LogP contribution in [0.15, 0.2) is 76.5 Å². The van der Waals surface area contributed by atoms with E-state index in [9.17, 15) is 9.59 Å². The van der Waals surface area contributed by atoms with Crippen molar-refractivity contribution >= 4 is 39.5 Å². The average molecular weight is 477 g/mol. The van der Waals surface area contributed by atoms with Crippen LogP contribution in [0.4, 0.5) is 0 Å². The van der Waals surface area contributed by atoms with Gasteiger partial charge in [-0.15, -0.1) is 0 Å². The number of carbonyl (C=O) groups excluding carboxylic acids is 2. The normalized spacial score (nSPS) is 14.1. The second-order valence-corrected chi connectivity index (χ2v) is 7.79. The van der Waals surface area contributed by atoms with Crippen LogP contribution in [-0.2, 0) is 25.6 Å². The number of nitrogens with zero attached hydrogens (tertiary/aromatic N) is 1. The Bertz CT molecular complexity index is 933. The monoisotopic (exact) mass is 475 g/mol. The zero-order chi connectivity index (χ0) is 21.0. The van der Waals surface area contributed by atoms with Crippen molar-refractivity contribution in [2.24, 2.45) is 0 Å². The summed E-state index contributed by atoms with van der Waals surface area (Å²) in [6.45, 7) is 0.450. The summed E-state index contributed by atoms with van der Waals surface area (Å²) in [5.41, 5.74) is 2.46. The number of methoxy groups -OCH3 is 2. The van der Waals surface area contributed by atoms with Gasteiger partial charge in [-0.2, -0.15) is 0 Å². The first-order chi connectivity index (χ1) is 13.9. The third-order valence-corrected chi connectivity index (χ3v) is 5.34. The zero-order valence-corrected chi connectivity index (χ0v) is 18.2. The molecule has 0 aromatic heterocycles. The predicted octanol–water partition coefficient (Wildman–Crippen LogP) is 4.82. The Labute approximate surface area is 182 Å². The van der Waals surface area contributed by atoms with E-state index in [4.69, 9.17) is 21.1 Å². The number of carbonyl (C=O) groups is 2. The number of hydrogen-bond acceptors (Lipinski definition) is 5. The van der Waals surface area contributed by atoms with Crippen molar-refractivity contribution in [1.82, 2.24) is 4.90 Å². The Balaban J connectivity index is 2.05. The molecule has 0 fully saturated rings. The molecule has 0 radical (unpaired) electrons. The van der Waals surface area contributed by atoms with E-state index in [1.807, 2.05) is 36.4 Å². The topological polar surface area (TPSA) is 55.8 Å². The second-order valence-electron chi connectivity index (χ2n) is 6.44. The van der Waals surface area contributed by atoms with Crippen molar-refractivity contribution in [2.45, 2.75) is 12.5 Å². The molecule has 0 aliphatic carbocycles. The minimum atomic E-state index is -0.593. The molecule has 29 heavy (non-hydrogen) atoms. The molecule has 0 spiro atoms. The molecular weight excluding hydrogens is 458 g/mol. The Hall–Kier alpha value is -2.57. The van der Waals surface area contributed by atoms with Gasteiger partial charge >= 0.3 is 11.9 Å². The summed E-state index contributed by atoms with van der Waals surface area (Å²) >= 11 is 9.36. The highest BCUT2D eigenvalue weighted by atomic mass is 79.9. The predicted molar refractivity (Wildman–Crippen MR) is 114 cm³/mol. The first-order valence-corrected chi connectivity index (χ1v) is 9.95. The molecule has 0 amide bonds. The fraction of sp³-hybridized carbons (Fsp3) is 0.182. The van der Waals surface area contributed by atoms with Gasteiger partial charge < -0.3 is 14.4 Å².